The summed E-state index contributed by atoms with van der Waals surface area (Å²) in [5.41, 5.74) is 0.340. The molecule has 1 aliphatic carbocycles. The molecule has 0 aromatic heterocycles. The van der Waals surface area contributed by atoms with Crippen LogP contribution in [0, 0.1) is 11.8 Å². The lowest BCUT2D eigenvalue weighted by Gasteiger charge is -2.24. The Labute approximate surface area is 243 Å². The number of nitrogens with one attached hydrogen (secondary N) is 4. The van der Waals surface area contributed by atoms with Gasteiger partial charge >= 0.3 is 11.9 Å². The molecule has 42 heavy (non-hydrogen) atoms. The van der Waals surface area contributed by atoms with Gasteiger partial charge in [-0.25, -0.2) is 0 Å². The predicted molar refractivity (Wildman–Crippen MR) is 154 cm³/mol. The summed E-state index contributed by atoms with van der Waals surface area (Å²) in [7, 11) is 2.51. The summed E-state index contributed by atoms with van der Waals surface area (Å²) in [6.45, 7) is 6.65. The molecule has 2 aromatic rings. The van der Waals surface area contributed by atoms with Gasteiger partial charge in [-0.1, -0.05) is 52.0 Å². The number of methoxy groups -OCH3 is 2. The first-order chi connectivity index (χ1) is 19.9. The molecule has 4 N–H and O–H groups in total. The second-order valence-electron chi connectivity index (χ2n) is 10.5. The van der Waals surface area contributed by atoms with E-state index in [1.807, 2.05) is 0 Å². The molecular weight excluding hydrogens is 544 g/mol. The van der Waals surface area contributed by atoms with Gasteiger partial charge in [-0.15, -0.1) is 0 Å². The molecule has 0 aliphatic heterocycles. The third-order valence-corrected chi connectivity index (χ3v) is 6.83. The Morgan fingerprint density at radius 3 is 1.31 bits per heavy atom. The largest absolute Gasteiger partial charge is 0.468 e. The number of hydrogen-bond acceptors (Lipinski definition) is 10. The van der Waals surface area contributed by atoms with Crippen LogP contribution in [0.4, 0.5) is 11.4 Å². The Morgan fingerprint density at radius 2 is 1.00 bits per heavy atom. The number of anilines is 2. The molecule has 1 aliphatic rings. The molecule has 2 amide bonds. The fraction of sp³-hybridized carbons (Fsp3) is 0.400. The lowest BCUT2D eigenvalue weighted by molar-refractivity contribution is -0.145. The molecule has 0 unspecified atom stereocenters. The van der Waals surface area contributed by atoms with E-state index in [1.165, 1.54) is 38.5 Å². The minimum atomic E-state index is -0.731. The number of esters is 2. The fourth-order valence-corrected chi connectivity index (χ4v) is 4.66. The van der Waals surface area contributed by atoms with E-state index in [4.69, 9.17) is 9.47 Å². The average Bonchev–Trinajstić information content (AvgIpc) is 2.95. The maximum absolute atomic E-state index is 13.6. The predicted octanol–water partition coefficient (Wildman–Crippen LogP) is 1.91. The first-order valence-electron chi connectivity index (χ1n) is 13.5. The highest BCUT2D eigenvalue weighted by molar-refractivity contribution is 6.32. The van der Waals surface area contributed by atoms with E-state index in [-0.39, 0.29) is 58.6 Å². The van der Waals surface area contributed by atoms with Crippen LogP contribution in [0.25, 0.3) is 0 Å². The Bertz CT molecular complexity index is 1300. The first-order valence-corrected chi connectivity index (χ1v) is 13.5. The number of ketones is 2. The normalized spacial score (nSPS) is 13.6. The Hall–Kier alpha value is -4.42. The van der Waals surface area contributed by atoms with Gasteiger partial charge in [-0.3, -0.25) is 39.4 Å². The topological polar surface area (TPSA) is 169 Å². The van der Waals surface area contributed by atoms with Gasteiger partial charge < -0.3 is 20.1 Å². The van der Waals surface area contributed by atoms with Crippen molar-refractivity contribution >= 4 is 46.7 Å². The standard InChI is InChI=1S/C30H36N4O8/c1-15(2)25(29(39)41-5)31-13-21(35)33-19-11-12-20(34-22(36)14-32-26(16(3)4)30(40)42-6)24-23(19)27(37)17-9-7-8-10-18(17)28(24)38/h7-12,15-16,25-26,31-32H,13-14H2,1-6H3,(H,33,35)(H,34,36)/t25-,26-/m0/s1. The minimum absolute atomic E-state index is 0.0687. The quantitative estimate of drug-likeness (QED) is 0.232. The van der Waals surface area contributed by atoms with E-state index in [0.29, 0.717) is 0 Å². The van der Waals surface area contributed by atoms with Crippen molar-refractivity contribution in [2.24, 2.45) is 11.8 Å². The van der Waals surface area contributed by atoms with Crippen LogP contribution < -0.4 is 21.3 Å². The summed E-state index contributed by atoms with van der Waals surface area (Å²) in [5, 5.41) is 11.0. The number of rotatable bonds is 12. The molecule has 0 saturated heterocycles. The van der Waals surface area contributed by atoms with E-state index in [1.54, 1.807) is 39.8 Å². The summed E-state index contributed by atoms with van der Waals surface area (Å²) in [4.78, 5) is 77.1. The highest BCUT2D eigenvalue weighted by Crippen LogP contribution is 2.36. The van der Waals surface area contributed by atoms with Crippen molar-refractivity contribution in [2.75, 3.05) is 37.9 Å². The summed E-state index contributed by atoms with van der Waals surface area (Å²) >= 11 is 0. The van der Waals surface area contributed by atoms with Crippen LogP contribution in [0.5, 0.6) is 0 Å². The first kappa shape index (κ1) is 32.1. The zero-order valence-electron chi connectivity index (χ0n) is 24.5. The number of benzene rings is 2. The monoisotopic (exact) mass is 580 g/mol. The molecule has 0 fully saturated rings. The van der Waals surface area contributed by atoms with Gasteiger partial charge in [0.25, 0.3) is 0 Å². The molecule has 0 saturated carbocycles. The molecule has 0 heterocycles. The molecule has 3 rings (SSSR count). The Kier molecular flexibility index (Phi) is 10.7. The molecule has 2 aromatic carbocycles. The van der Waals surface area contributed by atoms with Crippen molar-refractivity contribution in [1.29, 1.82) is 0 Å². The zero-order chi connectivity index (χ0) is 31.1. The van der Waals surface area contributed by atoms with E-state index >= 15 is 0 Å². The van der Waals surface area contributed by atoms with Gasteiger partial charge in [0.05, 0.1) is 49.8 Å². The average molecular weight is 581 g/mol. The van der Waals surface area contributed by atoms with E-state index < -0.39 is 47.4 Å². The maximum atomic E-state index is 13.6. The second kappa shape index (κ2) is 14.0. The van der Waals surface area contributed by atoms with Crippen molar-refractivity contribution < 1.29 is 38.2 Å². The molecule has 2 atom stereocenters. The van der Waals surface area contributed by atoms with E-state index in [2.05, 4.69) is 21.3 Å². The summed E-state index contributed by atoms with van der Waals surface area (Å²) in [6, 6.07) is 7.66. The maximum Gasteiger partial charge on any atom is 0.323 e. The summed E-state index contributed by atoms with van der Waals surface area (Å²) in [6.07, 6.45) is 0. The van der Waals surface area contributed by atoms with Crippen LogP contribution in [0.1, 0.15) is 59.5 Å². The summed E-state index contributed by atoms with van der Waals surface area (Å²) < 4.78 is 9.57. The number of carbonyl (C=O) groups is 6. The third-order valence-electron chi connectivity index (χ3n) is 6.83. The second-order valence-corrected chi connectivity index (χ2v) is 10.5. The summed E-state index contributed by atoms with van der Waals surface area (Å²) in [5.74, 6) is -3.48. The number of fused-ring (bicyclic) bond motifs is 2. The van der Waals surface area contributed by atoms with Crippen LogP contribution in [-0.4, -0.2) is 74.7 Å². The van der Waals surface area contributed by atoms with Crippen molar-refractivity contribution in [3.63, 3.8) is 0 Å². The number of amides is 2. The molecule has 0 spiro atoms. The van der Waals surface area contributed by atoms with E-state index in [9.17, 15) is 28.8 Å². The van der Waals surface area contributed by atoms with Gasteiger partial charge in [0, 0.05) is 11.1 Å². The minimum Gasteiger partial charge on any atom is -0.468 e. The van der Waals surface area contributed by atoms with Crippen LogP contribution in [0.15, 0.2) is 36.4 Å². The van der Waals surface area contributed by atoms with Crippen molar-refractivity contribution in [1.82, 2.24) is 10.6 Å². The molecule has 0 radical (unpaired) electrons. The lowest BCUT2D eigenvalue weighted by Crippen LogP contribution is -2.45. The molecular formula is C30H36N4O8. The third kappa shape index (κ3) is 7.07. The van der Waals surface area contributed by atoms with Crippen molar-refractivity contribution in [3.8, 4) is 0 Å². The van der Waals surface area contributed by atoms with E-state index in [0.717, 1.165) is 0 Å². The van der Waals surface area contributed by atoms with Gasteiger partial charge in [0.15, 0.2) is 11.6 Å². The smallest absolute Gasteiger partial charge is 0.323 e. The number of carbonyl (C=O) groups excluding carboxylic acids is 6. The highest BCUT2D eigenvalue weighted by Gasteiger charge is 2.35. The Balaban J connectivity index is 1.91. The van der Waals surface area contributed by atoms with Crippen LogP contribution in [-0.2, 0) is 28.7 Å². The van der Waals surface area contributed by atoms with Gasteiger partial charge in [-0.2, -0.15) is 0 Å². The zero-order valence-corrected chi connectivity index (χ0v) is 24.5. The SMILES string of the molecule is COC(=O)[C@@H](NCC(=O)Nc1ccc(NC(=O)CN[C@H](C(=O)OC)C(C)C)c2c1C(=O)c1ccccc1C2=O)C(C)C. The fourth-order valence-electron chi connectivity index (χ4n) is 4.66. The van der Waals surface area contributed by atoms with Crippen LogP contribution >= 0.6 is 0 Å². The number of ether oxygens (including phenoxy) is 2. The van der Waals surface area contributed by atoms with Gasteiger partial charge in [-0.05, 0) is 24.0 Å². The molecule has 12 heteroatoms. The Morgan fingerprint density at radius 1 is 0.643 bits per heavy atom. The van der Waals surface area contributed by atoms with Crippen molar-refractivity contribution in [2.45, 2.75) is 39.8 Å². The molecule has 12 nitrogen and oxygen atoms in total. The molecule has 224 valence electrons. The van der Waals surface area contributed by atoms with Gasteiger partial charge in [0.1, 0.15) is 12.1 Å². The highest BCUT2D eigenvalue weighted by atomic mass is 16.5. The molecule has 0 bridgehead atoms. The van der Waals surface area contributed by atoms with Crippen molar-refractivity contribution in [3.05, 3.63) is 58.7 Å². The van der Waals surface area contributed by atoms with Crippen LogP contribution in [0.2, 0.25) is 0 Å². The van der Waals surface area contributed by atoms with Gasteiger partial charge in [0.2, 0.25) is 11.8 Å². The lowest BCUT2D eigenvalue weighted by atomic mass is 9.82. The van der Waals surface area contributed by atoms with Crippen LogP contribution in [0.3, 0.4) is 0 Å². The number of hydrogen-bond donors (Lipinski definition) is 4.